The van der Waals surface area contributed by atoms with Crippen molar-refractivity contribution in [3.05, 3.63) is 34.9 Å². The lowest BCUT2D eigenvalue weighted by atomic mass is 9.89. The molecule has 1 aliphatic heterocycles. The maximum absolute atomic E-state index is 12.3. The van der Waals surface area contributed by atoms with Crippen LogP contribution in [0.5, 0.6) is 0 Å². The zero-order valence-electron chi connectivity index (χ0n) is 15.4. The van der Waals surface area contributed by atoms with Gasteiger partial charge in [0.15, 0.2) is 0 Å². The van der Waals surface area contributed by atoms with Crippen LogP contribution in [0.2, 0.25) is 0 Å². The van der Waals surface area contributed by atoms with E-state index in [0.717, 1.165) is 32.2 Å². The van der Waals surface area contributed by atoms with Gasteiger partial charge in [-0.2, -0.15) is 0 Å². The second-order valence-corrected chi connectivity index (χ2v) is 7.47. The minimum absolute atomic E-state index is 0.0135. The zero-order valence-corrected chi connectivity index (χ0v) is 15.4. The monoisotopic (exact) mass is 342 g/mol. The van der Waals surface area contributed by atoms with E-state index in [0.29, 0.717) is 19.4 Å². The predicted molar refractivity (Wildman–Crippen MR) is 99.3 cm³/mol. The minimum Gasteiger partial charge on any atom is -0.350 e. The van der Waals surface area contributed by atoms with Gasteiger partial charge in [-0.1, -0.05) is 24.6 Å². The van der Waals surface area contributed by atoms with Gasteiger partial charge < -0.3 is 10.2 Å². The van der Waals surface area contributed by atoms with Gasteiger partial charge in [-0.05, 0) is 62.1 Å². The third kappa shape index (κ3) is 4.83. The molecule has 4 nitrogen and oxygen atoms in total. The molecule has 1 aliphatic carbocycles. The highest BCUT2D eigenvalue weighted by molar-refractivity contribution is 5.79. The van der Waals surface area contributed by atoms with Gasteiger partial charge in [0.05, 0.1) is 6.04 Å². The molecule has 1 unspecified atom stereocenters. The number of nitrogens with one attached hydrogen (secondary N) is 1. The van der Waals surface area contributed by atoms with E-state index in [1.165, 1.54) is 36.0 Å². The van der Waals surface area contributed by atoms with Gasteiger partial charge in [-0.15, -0.1) is 0 Å². The number of carbonyl (C=O) groups excluding carboxylic acids is 2. The van der Waals surface area contributed by atoms with Crippen LogP contribution in [0.25, 0.3) is 0 Å². The molecule has 1 fully saturated rings. The molecule has 25 heavy (non-hydrogen) atoms. The number of amides is 2. The lowest BCUT2D eigenvalue weighted by Crippen LogP contribution is -2.35. The Labute approximate surface area is 151 Å². The first-order valence-corrected chi connectivity index (χ1v) is 9.82. The highest BCUT2D eigenvalue weighted by Crippen LogP contribution is 2.24. The number of carbonyl (C=O) groups is 2. The Morgan fingerprint density at radius 2 is 1.84 bits per heavy atom. The first-order chi connectivity index (χ1) is 12.1. The molecule has 1 saturated heterocycles. The van der Waals surface area contributed by atoms with E-state index < -0.39 is 0 Å². The molecule has 1 heterocycles. The number of benzene rings is 1. The number of aryl methyl sites for hydroxylation is 2. The molecule has 136 valence electrons. The second kappa shape index (κ2) is 8.50. The maximum Gasteiger partial charge on any atom is 0.222 e. The molecule has 2 amide bonds. The molecule has 4 heteroatoms. The van der Waals surface area contributed by atoms with Crippen molar-refractivity contribution in [2.24, 2.45) is 0 Å². The lowest BCUT2D eigenvalue weighted by molar-refractivity contribution is -0.131. The molecule has 0 bridgehead atoms. The third-order valence-corrected chi connectivity index (χ3v) is 5.53. The van der Waals surface area contributed by atoms with E-state index in [2.05, 4.69) is 23.5 Å². The fourth-order valence-electron chi connectivity index (χ4n) is 3.93. The number of hydrogen-bond donors (Lipinski definition) is 1. The van der Waals surface area contributed by atoms with Gasteiger partial charge in [-0.3, -0.25) is 9.59 Å². The normalized spacial score (nSPS) is 19.1. The Balaban J connectivity index is 1.51. The van der Waals surface area contributed by atoms with Crippen molar-refractivity contribution in [2.75, 3.05) is 13.1 Å². The molecule has 3 rings (SSSR count). The first-order valence-electron chi connectivity index (χ1n) is 9.82. The summed E-state index contributed by atoms with van der Waals surface area (Å²) in [7, 11) is 0. The number of hydrogen-bond acceptors (Lipinski definition) is 2. The topological polar surface area (TPSA) is 49.4 Å². The van der Waals surface area contributed by atoms with Crippen LogP contribution < -0.4 is 5.32 Å². The largest absolute Gasteiger partial charge is 0.350 e. The van der Waals surface area contributed by atoms with Crippen molar-refractivity contribution >= 4 is 11.8 Å². The van der Waals surface area contributed by atoms with Crippen LogP contribution in [-0.4, -0.2) is 29.8 Å². The number of rotatable bonds is 5. The smallest absolute Gasteiger partial charge is 0.222 e. The first kappa shape index (κ1) is 18.0. The van der Waals surface area contributed by atoms with Crippen LogP contribution in [0.1, 0.15) is 74.6 Å². The summed E-state index contributed by atoms with van der Waals surface area (Å²) in [6.07, 6.45) is 9.06. The van der Waals surface area contributed by atoms with Gasteiger partial charge in [0, 0.05) is 25.9 Å². The van der Waals surface area contributed by atoms with Crippen molar-refractivity contribution in [3.8, 4) is 0 Å². The zero-order chi connectivity index (χ0) is 17.6. The fraction of sp³-hybridized carbons (Fsp3) is 0.619. The summed E-state index contributed by atoms with van der Waals surface area (Å²) >= 11 is 0. The minimum atomic E-state index is 0.0135. The number of likely N-dealkylation sites (tertiary alicyclic amines) is 1. The lowest BCUT2D eigenvalue weighted by Gasteiger charge is -2.22. The van der Waals surface area contributed by atoms with E-state index in [-0.39, 0.29) is 17.9 Å². The Bertz CT molecular complexity index is 626. The Morgan fingerprint density at radius 3 is 2.68 bits per heavy atom. The van der Waals surface area contributed by atoms with E-state index in [1.54, 1.807) is 0 Å². The summed E-state index contributed by atoms with van der Waals surface area (Å²) in [6.45, 7) is 3.38. The van der Waals surface area contributed by atoms with Crippen molar-refractivity contribution in [1.29, 1.82) is 0 Å². The van der Waals surface area contributed by atoms with Crippen LogP contribution in [0.15, 0.2) is 18.2 Å². The van der Waals surface area contributed by atoms with E-state index in [4.69, 9.17) is 0 Å². The average molecular weight is 342 g/mol. The molecule has 1 aromatic rings. The molecule has 0 spiro atoms. The van der Waals surface area contributed by atoms with Crippen LogP contribution in [0, 0.1) is 0 Å². The second-order valence-electron chi connectivity index (χ2n) is 7.47. The van der Waals surface area contributed by atoms with E-state index in [9.17, 15) is 9.59 Å². The fourth-order valence-corrected chi connectivity index (χ4v) is 3.93. The summed E-state index contributed by atoms with van der Waals surface area (Å²) in [4.78, 5) is 26.2. The van der Waals surface area contributed by atoms with Crippen LogP contribution in [0.4, 0.5) is 0 Å². The van der Waals surface area contributed by atoms with Crippen LogP contribution in [0.3, 0.4) is 0 Å². The summed E-state index contributed by atoms with van der Waals surface area (Å²) in [5, 5.41) is 3.10. The Morgan fingerprint density at radius 1 is 1.08 bits per heavy atom. The van der Waals surface area contributed by atoms with Crippen molar-refractivity contribution in [1.82, 2.24) is 10.2 Å². The number of nitrogens with zero attached hydrogens (tertiary/aromatic N) is 1. The van der Waals surface area contributed by atoms with Crippen molar-refractivity contribution in [2.45, 2.75) is 70.8 Å². The standard InChI is InChI=1S/C21H30N2O2/c1-16(18-11-10-17-7-4-5-8-19(17)15-18)22-20(24)12-14-23-13-6-2-3-9-21(23)25/h10-11,15-16H,2-9,12-14H2,1H3,(H,22,24). The predicted octanol–water partition coefficient (Wildman–Crippen LogP) is 3.54. The Hall–Kier alpha value is -1.84. The van der Waals surface area contributed by atoms with Crippen molar-refractivity contribution in [3.63, 3.8) is 0 Å². The molecule has 1 N–H and O–H groups in total. The van der Waals surface area contributed by atoms with Gasteiger partial charge >= 0.3 is 0 Å². The molecular formula is C21H30N2O2. The van der Waals surface area contributed by atoms with Gasteiger partial charge in [-0.25, -0.2) is 0 Å². The molecular weight excluding hydrogens is 312 g/mol. The molecule has 0 radical (unpaired) electrons. The third-order valence-electron chi connectivity index (χ3n) is 5.53. The van der Waals surface area contributed by atoms with E-state index >= 15 is 0 Å². The molecule has 2 aliphatic rings. The highest BCUT2D eigenvalue weighted by Gasteiger charge is 2.18. The average Bonchev–Trinajstić information content (AvgIpc) is 2.83. The van der Waals surface area contributed by atoms with Crippen molar-refractivity contribution < 1.29 is 9.59 Å². The maximum atomic E-state index is 12.3. The summed E-state index contributed by atoms with van der Waals surface area (Å²) in [5.41, 5.74) is 4.09. The van der Waals surface area contributed by atoms with Gasteiger partial charge in [0.25, 0.3) is 0 Å². The SMILES string of the molecule is CC(NC(=O)CCN1CCCCCC1=O)c1ccc2c(c1)CCCC2. The molecule has 1 atom stereocenters. The van der Waals surface area contributed by atoms with Gasteiger partial charge in [0.2, 0.25) is 11.8 Å². The van der Waals surface area contributed by atoms with E-state index in [1.807, 2.05) is 11.8 Å². The van der Waals surface area contributed by atoms with Crippen LogP contribution >= 0.6 is 0 Å². The van der Waals surface area contributed by atoms with Crippen LogP contribution in [-0.2, 0) is 22.4 Å². The molecule has 0 aromatic heterocycles. The summed E-state index contributed by atoms with van der Waals surface area (Å²) in [5.74, 6) is 0.232. The highest BCUT2D eigenvalue weighted by atomic mass is 16.2. The summed E-state index contributed by atoms with van der Waals surface area (Å²) < 4.78 is 0. The quantitative estimate of drug-likeness (QED) is 0.890. The molecule has 0 saturated carbocycles. The molecule has 1 aromatic carbocycles. The summed E-state index contributed by atoms with van der Waals surface area (Å²) in [6, 6.07) is 6.65. The Kier molecular flexibility index (Phi) is 6.11. The number of fused-ring (bicyclic) bond motifs is 1. The van der Waals surface area contributed by atoms with Gasteiger partial charge in [0.1, 0.15) is 0 Å².